The molecule has 0 aliphatic rings. The monoisotopic (exact) mass is 366 g/mol. The molecule has 3 rings (SSSR count). The summed E-state index contributed by atoms with van der Waals surface area (Å²) in [5, 5.41) is 0. The predicted octanol–water partition coefficient (Wildman–Crippen LogP) is 3.70. The van der Waals surface area contributed by atoms with Crippen molar-refractivity contribution in [2.75, 3.05) is 13.7 Å². The Morgan fingerprint density at radius 2 is 1.93 bits per heavy atom. The standard InChI is InChI=1S/C21H22N2O4/c1-3-26-18-10-9-17(13-19(18)25-2)21(24)27-15-20-22-11-12-23(20)14-16-7-5-4-6-8-16/h4-13H,3,14-15H2,1-2H3. The van der Waals surface area contributed by atoms with E-state index in [4.69, 9.17) is 14.2 Å². The third-order valence-corrected chi connectivity index (χ3v) is 4.03. The van der Waals surface area contributed by atoms with Crippen molar-refractivity contribution in [2.24, 2.45) is 0 Å². The van der Waals surface area contributed by atoms with Gasteiger partial charge in [0.05, 0.1) is 19.3 Å². The van der Waals surface area contributed by atoms with Crippen LogP contribution in [0.3, 0.4) is 0 Å². The molecule has 0 spiro atoms. The van der Waals surface area contributed by atoms with Crippen molar-refractivity contribution < 1.29 is 19.0 Å². The summed E-state index contributed by atoms with van der Waals surface area (Å²) in [5.41, 5.74) is 1.55. The van der Waals surface area contributed by atoms with E-state index in [9.17, 15) is 4.79 Å². The van der Waals surface area contributed by atoms with Gasteiger partial charge in [-0.05, 0) is 30.7 Å². The summed E-state index contributed by atoms with van der Waals surface area (Å²) in [4.78, 5) is 16.7. The summed E-state index contributed by atoms with van der Waals surface area (Å²) in [6, 6.07) is 15.0. The first-order valence-corrected chi connectivity index (χ1v) is 8.73. The van der Waals surface area contributed by atoms with Crippen LogP contribution in [0.1, 0.15) is 28.7 Å². The molecule has 0 aliphatic heterocycles. The fraction of sp³-hybridized carbons (Fsp3) is 0.238. The summed E-state index contributed by atoms with van der Waals surface area (Å²) < 4.78 is 18.1. The van der Waals surface area contributed by atoms with Crippen LogP contribution in [0.4, 0.5) is 0 Å². The van der Waals surface area contributed by atoms with Gasteiger partial charge in [0.15, 0.2) is 11.5 Å². The molecule has 0 fully saturated rings. The number of rotatable bonds is 8. The average Bonchev–Trinajstić information content (AvgIpc) is 3.14. The maximum atomic E-state index is 12.4. The lowest BCUT2D eigenvalue weighted by atomic mass is 10.2. The van der Waals surface area contributed by atoms with E-state index in [-0.39, 0.29) is 6.61 Å². The van der Waals surface area contributed by atoms with Crippen molar-refractivity contribution >= 4 is 5.97 Å². The number of hydrogen-bond donors (Lipinski definition) is 0. The molecule has 140 valence electrons. The second kappa shape index (κ2) is 8.89. The van der Waals surface area contributed by atoms with E-state index in [2.05, 4.69) is 4.98 Å². The second-order valence-electron chi connectivity index (χ2n) is 5.83. The molecule has 1 heterocycles. The molecule has 0 saturated heterocycles. The molecule has 2 aromatic carbocycles. The number of benzene rings is 2. The van der Waals surface area contributed by atoms with Crippen molar-refractivity contribution in [3.05, 3.63) is 77.9 Å². The van der Waals surface area contributed by atoms with Gasteiger partial charge in [-0.1, -0.05) is 30.3 Å². The molecule has 3 aromatic rings. The minimum Gasteiger partial charge on any atom is -0.493 e. The van der Waals surface area contributed by atoms with Gasteiger partial charge in [-0.25, -0.2) is 9.78 Å². The Kier molecular flexibility index (Phi) is 6.10. The first-order valence-electron chi connectivity index (χ1n) is 8.73. The first kappa shape index (κ1) is 18.5. The molecule has 0 radical (unpaired) electrons. The predicted molar refractivity (Wildman–Crippen MR) is 101 cm³/mol. The summed E-state index contributed by atoms with van der Waals surface area (Å²) in [7, 11) is 1.54. The minimum atomic E-state index is -0.439. The lowest BCUT2D eigenvalue weighted by molar-refractivity contribution is 0.0458. The maximum Gasteiger partial charge on any atom is 0.338 e. The number of nitrogens with zero attached hydrogens (tertiary/aromatic N) is 2. The van der Waals surface area contributed by atoms with E-state index >= 15 is 0 Å². The smallest absolute Gasteiger partial charge is 0.338 e. The van der Waals surface area contributed by atoms with E-state index in [1.807, 2.05) is 48.0 Å². The highest BCUT2D eigenvalue weighted by Gasteiger charge is 2.14. The van der Waals surface area contributed by atoms with E-state index in [1.54, 1.807) is 24.4 Å². The summed E-state index contributed by atoms with van der Waals surface area (Å²) in [5.74, 6) is 1.34. The Morgan fingerprint density at radius 3 is 2.67 bits per heavy atom. The molecule has 0 bridgehead atoms. The molecule has 0 amide bonds. The fourth-order valence-corrected chi connectivity index (χ4v) is 2.69. The van der Waals surface area contributed by atoms with Crippen LogP contribution in [0.25, 0.3) is 0 Å². The maximum absolute atomic E-state index is 12.4. The van der Waals surface area contributed by atoms with Crippen LogP contribution < -0.4 is 9.47 Å². The van der Waals surface area contributed by atoms with Gasteiger partial charge in [0, 0.05) is 18.9 Å². The van der Waals surface area contributed by atoms with Crippen LogP contribution in [-0.4, -0.2) is 29.2 Å². The van der Waals surface area contributed by atoms with Crippen LogP contribution >= 0.6 is 0 Å². The zero-order valence-corrected chi connectivity index (χ0v) is 15.4. The molecule has 6 heteroatoms. The largest absolute Gasteiger partial charge is 0.493 e. The van der Waals surface area contributed by atoms with Gasteiger partial charge in [0.2, 0.25) is 0 Å². The third-order valence-electron chi connectivity index (χ3n) is 4.03. The van der Waals surface area contributed by atoms with Crippen LogP contribution in [-0.2, 0) is 17.9 Å². The van der Waals surface area contributed by atoms with Gasteiger partial charge in [-0.2, -0.15) is 0 Å². The molecule has 27 heavy (non-hydrogen) atoms. The van der Waals surface area contributed by atoms with Gasteiger partial charge < -0.3 is 18.8 Å². The fourth-order valence-electron chi connectivity index (χ4n) is 2.69. The number of hydrogen-bond acceptors (Lipinski definition) is 5. The molecular weight excluding hydrogens is 344 g/mol. The van der Waals surface area contributed by atoms with Crippen molar-refractivity contribution in [3.8, 4) is 11.5 Å². The second-order valence-corrected chi connectivity index (χ2v) is 5.83. The SMILES string of the molecule is CCOc1ccc(C(=O)OCc2nccn2Cc2ccccc2)cc1OC. The highest BCUT2D eigenvalue weighted by Crippen LogP contribution is 2.28. The van der Waals surface area contributed by atoms with Crippen LogP contribution in [0.2, 0.25) is 0 Å². The van der Waals surface area contributed by atoms with Gasteiger partial charge in [-0.15, -0.1) is 0 Å². The number of imidazole rings is 1. The number of ether oxygens (including phenoxy) is 3. The number of carbonyl (C=O) groups is 1. The number of carbonyl (C=O) groups excluding carboxylic acids is 1. The van der Waals surface area contributed by atoms with Crippen molar-refractivity contribution in [2.45, 2.75) is 20.1 Å². The molecule has 0 unspecified atom stereocenters. The molecule has 0 N–H and O–H groups in total. The van der Waals surface area contributed by atoms with Gasteiger partial charge >= 0.3 is 5.97 Å². The number of methoxy groups -OCH3 is 1. The average molecular weight is 366 g/mol. The summed E-state index contributed by atoms with van der Waals surface area (Å²) >= 11 is 0. The van der Waals surface area contributed by atoms with Crippen LogP contribution in [0.15, 0.2) is 60.9 Å². The van der Waals surface area contributed by atoms with Crippen LogP contribution in [0, 0.1) is 0 Å². The molecule has 1 aromatic heterocycles. The quantitative estimate of drug-likeness (QED) is 0.569. The molecule has 0 atom stereocenters. The van der Waals surface area contributed by atoms with Crippen molar-refractivity contribution in [3.63, 3.8) is 0 Å². The Bertz CT molecular complexity index is 890. The highest BCUT2D eigenvalue weighted by atomic mass is 16.5. The Labute approximate surface area is 158 Å². The summed E-state index contributed by atoms with van der Waals surface area (Å²) in [6.07, 6.45) is 3.57. The van der Waals surface area contributed by atoms with Crippen LogP contribution in [0.5, 0.6) is 11.5 Å². The van der Waals surface area contributed by atoms with E-state index in [0.29, 0.717) is 36.0 Å². The first-order chi connectivity index (χ1) is 13.2. The van der Waals surface area contributed by atoms with E-state index < -0.39 is 5.97 Å². The van der Waals surface area contributed by atoms with Gasteiger partial charge in [0.25, 0.3) is 0 Å². The number of esters is 1. The Hall–Kier alpha value is -3.28. The summed E-state index contributed by atoms with van der Waals surface area (Å²) in [6.45, 7) is 3.17. The van der Waals surface area contributed by atoms with Crippen molar-refractivity contribution in [1.82, 2.24) is 9.55 Å². The van der Waals surface area contributed by atoms with Crippen molar-refractivity contribution in [1.29, 1.82) is 0 Å². The topological polar surface area (TPSA) is 62.6 Å². The lowest BCUT2D eigenvalue weighted by Crippen LogP contribution is -2.10. The Morgan fingerprint density at radius 1 is 1.11 bits per heavy atom. The zero-order chi connectivity index (χ0) is 19.1. The molecule has 0 saturated carbocycles. The highest BCUT2D eigenvalue weighted by molar-refractivity contribution is 5.90. The van der Waals surface area contributed by atoms with E-state index in [1.165, 1.54) is 7.11 Å². The lowest BCUT2D eigenvalue weighted by Gasteiger charge is -2.11. The Balaban J connectivity index is 1.65. The van der Waals surface area contributed by atoms with Gasteiger partial charge in [-0.3, -0.25) is 0 Å². The normalized spacial score (nSPS) is 10.4. The third kappa shape index (κ3) is 4.67. The molecule has 0 aliphatic carbocycles. The van der Waals surface area contributed by atoms with E-state index in [0.717, 1.165) is 5.56 Å². The number of aromatic nitrogens is 2. The van der Waals surface area contributed by atoms with Gasteiger partial charge in [0.1, 0.15) is 12.4 Å². The molecule has 6 nitrogen and oxygen atoms in total. The zero-order valence-electron chi connectivity index (χ0n) is 15.4. The minimum absolute atomic E-state index is 0.0915. The molecular formula is C21H22N2O4.